The number of anilines is 1. The van der Waals surface area contributed by atoms with E-state index in [1.807, 2.05) is 13.8 Å². The number of hydrogen-bond donors (Lipinski definition) is 1. The molecule has 0 aromatic heterocycles. The summed E-state index contributed by atoms with van der Waals surface area (Å²) in [6.07, 6.45) is 0. The zero-order valence-electron chi connectivity index (χ0n) is 21.9. The number of ketones is 1. The van der Waals surface area contributed by atoms with E-state index in [1.165, 1.54) is 12.0 Å². The standard InChI is InChI=1S/C30H29NO8/c1-4-36-21-10-11-22(24(17-21)37-5-2)28(32)26-27(18-7-6-8-20(15-18)35-3)31(30(34)29(26)33)19-9-12-23-25(16-19)39-14-13-38-23/h6-12,15-17,27,32H,4-5,13-14H2,1-3H3/b28-26+. The van der Waals surface area contributed by atoms with Crippen LogP contribution in [0.3, 0.4) is 0 Å². The van der Waals surface area contributed by atoms with E-state index in [9.17, 15) is 14.7 Å². The third-order valence-electron chi connectivity index (χ3n) is 6.48. The van der Waals surface area contributed by atoms with Gasteiger partial charge in [0.2, 0.25) is 0 Å². The van der Waals surface area contributed by atoms with Gasteiger partial charge < -0.3 is 28.8 Å². The third-order valence-corrected chi connectivity index (χ3v) is 6.48. The molecule has 39 heavy (non-hydrogen) atoms. The molecular formula is C30H29NO8. The molecular weight excluding hydrogens is 502 g/mol. The summed E-state index contributed by atoms with van der Waals surface area (Å²) in [6.45, 7) is 5.24. The van der Waals surface area contributed by atoms with Crippen molar-refractivity contribution in [1.29, 1.82) is 0 Å². The molecule has 0 radical (unpaired) electrons. The molecule has 0 aliphatic carbocycles. The third kappa shape index (κ3) is 4.83. The molecule has 1 atom stereocenters. The topological polar surface area (TPSA) is 104 Å². The quantitative estimate of drug-likeness (QED) is 0.249. The van der Waals surface area contributed by atoms with E-state index in [-0.39, 0.29) is 16.9 Å². The summed E-state index contributed by atoms with van der Waals surface area (Å²) in [5.74, 6) is 0.473. The van der Waals surface area contributed by atoms with Crippen LogP contribution in [-0.4, -0.2) is 50.3 Å². The lowest BCUT2D eigenvalue weighted by atomic mass is 9.94. The molecule has 1 unspecified atom stereocenters. The maximum absolute atomic E-state index is 13.6. The van der Waals surface area contributed by atoms with Crippen molar-refractivity contribution in [2.24, 2.45) is 0 Å². The number of hydrogen-bond acceptors (Lipinski definition) is 8. The van der Waals surface area contributed by atoms with E-state index in [1.54, 1.807) is 60.7 Å². The van der Waals surface area contributed by atoms with Crippen LogP contribution in [0, 0.1) is 0 Å². The summed E-state index contributed by atoms with van der Waals surface area (Å²) < 4.78 is 28.1. The highest BCUT2D eigenvalue weighted by atomic mass is 16.6. The van der Waals surface area contributed by atoms with E-state index in [2.05, 4.69) is 0 Å². The van der Waals surface area contributed by atoms with Crippen LogP contribution in [0.25, 0.3) is 5.76 Å². The van der Waals surface area contributed by atoms with Crippen molar-refractivity contribution in [1.82, 2.24) is 0 Å². The van der Waals surface area contributed by atoms with Gasteiger partial charge in [-0.15, -0.1) is 0 Å². The number of amides is 1. The molecule has 2 heterocycles. The summed E-state index contributed by atoms with van der Waals surface area (Å²) >= 11 is 0. The van der Waals surface area contributed by atoms with Crippen molar-refractivity contribution in [2.75, 3.05) is 38.4 Å². The van der Waals surface area contributed by atoms with E-state index in [0.717, 1.165) is 0 Å². The molecule has 0 bridgehead atoms. The molecule has 2 aliphatic heterocycles. The molecule has 1 fully saturated rings. The number of aliphatic hydroxyl groups is 1. The molecule has 1 amide bonds. The highest BCUT2D eigenvalue weighted by molar-refractivity contribution is 6.51. The monoisotopic (exact) mass is 531 g/mol. The Morgan fingerprint density at radius 2 is 1.69 bits per heavy atom. The van der Waals surface area contributed by atoms with Crippen LogP contribution in [-0.2, 0) is 9.59 Å². The maximum Gasteiger partial charge on any atom is 0.300 e. The Morgan fingerprint density at radius 1 is 0.923 bits per heavy atom. The Balaban J connectivity index is 1.70. The van der Waals surface area contributed by atoms with Crippen molar-refractivity contribution >= 4 is 23.1 Å². The molecule has 9 nitrogen and oxygen atoms in total. The lowest BCUT2D eigenvalue weighted by molar-refractivity contribution is -0.132. The second-order valence-corrected chi connectivity index (χ2v) is 8.80. The van der Waals surface area contributed by atoms with Gasteiger partial charge in [0, 0.05) is 17.8 Å². The van der Waals surface area contributed by atoms with Crippen molar-refractivity contribution in [3.05, 3.63) is 77.4 Å². The summed E-state index contributed by atoms with van der Waals surface area (Å²) in [5.41, 5.74) is 1.19. The van der Waals surface area contributed by atoms with E-state index in [4.69, 9.17) is 23.7 Å². The molecule has 1 N–H and O–H groups in total. The minimum Gasteiger partial charge on any atom is -0.507 e. The second-order valence-electron chi connectivity index (χ2n) is 8.80. The Hall–Kier alpha value is -4.66. The van der Waals surface area contributed by atoms with Crippen molar-refractivity contribution in [3.63, 3.8) is 0 Å². The van der Waals surface area contributed by atoms with E-state index in [0.29, 0.717) is 66.4 Å². The molecule has 0 saturated carbocycles. The van der Waals surface area contributed by atoms with Crippen molar-refractivity contribution < 1.29 is 38.4 Å². The predicted molar refractivity (Wildman–Crippen MR) is 144 cm³/mol. The first-order valence-corrected chi connectivity index (χ1v) is 12.7. The Labute approximate surface area is 226 Å². The van der Waals surface area contributed by atoms with Crippen LogP contribution < -0.4 is 28.6 Å². The van der Waals surface area contributed by atoms with Crippen molar-refractivity contribution in [2.45, 2.75) is 19.9 Å². The fraction of sp³-hybridized carbons (Fsp3) is 0.267. The summed E-state index contributed by atoms with van der Waals surface area (Å²) in [5, 5.41) is 11.6. The first-order valence-electron chi connectivity index (χ1n) is 12.7. The second kappa shape index (κ2) is 11.0. The highest BCUT2D eigenvalue weighted by Crippen LogP contribution is 2.46. The minimum atomic E-state index is -0.955. The average Bonchev–Trinajstić information content (AvgIpc) is 3.23. The number of carbonyl (C=O) groups is 2. The lowest BCUT2D eigenvalue weighted by Gasteiger charge is -2.27. The van der Waals surface area contributed by atoms with Gasteiger partial charge in [-0.2, -0.15) is 0 Å². The predicted octanol–water partition coefficient (Wildman–Crippen LogP) is 4.89. The largest absolute Gasteiger partial charge is 0.507 e. The van der Waals surface area contributed by atoms with Gasteiger partial charge in [-0.25, -0.2) is 0 Å². The molecule has 1 saturated heterocycles. The zero-order chi connectivity index (χ0) is 27.5. The lowest BCUT2D eigenvalue weighted by Crippen LogP contribution is -2.29. The van der Waals surface area contributed by atoms with Crippen LogP contribution in [0.4, 0.5) is 5.69 Å². The maximum atomic E-state index is 13.6. The number of methoxy groups -OCH3 is 1. The van der Waals surface area contributed by atoms with Crippen molar-refractivity contribution in [3.8, 4) is 28.7 Å². The number of benzene rings is 3. The van der Waals surface area contributed by atoms with E-state index < -0.39 is 17.7 Å². The number of nitrogens with zero attached hydrogens (tertiary/aromatic N) is 1. The molecule has 3 aromatic carbocycles. The molecule has 0 spiro atoms. The molecule has 9 heteroatoms. The van der Waals surface area contributed by atoms with Gasteiger partial charge in [0.1, 0.15) is 36.2 Å². The number of rotatable bonds is 8. The van der Waals surface area contributed by atoms with Gasteiger partial charge in [-0.3, -0.25) is 14.5 Å². The molecule has 202 valence electrons. The fourth-order valence-corrected chi connectivity index (χ4v) is 4.78. The SMILES string of the molecule is CCOc1ccc(/C(O)=C2\C(=O)C(=O)N(c3ccc4c(c3)OCCO4)C2c2cccc(OC)c2)c(OCC)c1. The van der Waals surface area contributed by atoms with Crippen LogP contribution in [0.5, 0.6) is 28.7 Å². The van der Waals surface area contributed by atoms with E-state index >= 15 is 0 Å². The van der Waals surface area contributed by atoms with Crippen LogP contribution in [0.1, 0.15) is 31.0 Å². The van der Waals surface area contributed by atoms with Gasteiger partial charge in [0.15, 0.2) is 11.5 Å². The molecule has 2 aliphatic rings. The summed E-state index contributed by atoms with van der Waals surface area (Å²) in [6, 6.07) is 16.1. The molecule has 3 aromatic rings. The zero-order valence-corrected chi connectivity index (χ0v) is 21.9. The summed E-state index contributed by atoms with van der Waals surface area (Å²) in [7, 11) is 1.53. The van der Waals surface area contributed by atoms with Crippen LogP contribution >= 0.6 is 0 Å². The van der Waals surface area contributed by atoms with Gasteiger partial charge >= 0.3 is 0 Å². The van der Waals surface area contributed by atoms with Gasteiger partial charge in [0.05, 0.1) is 37.5 Å². The summed E-state index contributed by atoms with van der Waals surface area (Å²) in [4.78, 5) is 28.5. The van der Waals surface area contributed by atoms with Gasteiger partial charge in [0.25, 0.3) is 11.7 Å². The number of ether oxygens (including phenoxy) is 5. The normalized spacial score (nSPS) is 17.7. The van der Waals surface area contributed by atoms with Gasteiger partial charge in [-0.1, -0.05) is 12.1 Å². The van der Waals surface area contributed by atoms with Gasteiger partial charge in [-0.05, 0) is 55.8 Å². The van der Waals surface area contributed by atoms with Crippen LogP contribution in [0.2, 0.25) is 0 Å². The van der Waals surface area contributed by atoms with Crippen LogP contribution in [0.15, 0.2) is 66.2 Å². The first-order chi connectivity index (χ1) is 19.0. The number of fused-ring (bicyclic) bond motifs is 1. The number of carbonyl (C=O) groups excluding carboxylic acids is 2. The first kappa shape index (κ1) is 26.0. The Bertz CT molecular complexity index is 1450. The minimum absolute atomic E-state index is 0.0757. The number of Topliss-reactive ketones (excluding diaryl/α,β-unsaturated/α-hetero) is 1. The highest BCUT2D eigenvalue weighted by Gasteiger charge is 2.47. The Kier molecular flexibility index (Phi) is 7.31. The smallest absolute Gasteiger partial charge is 0.300 e. The Morgan fingerprint density at radius 3 is 2.44 bits per heavy atom. The molecule has 5 rings (SSSR count). The average molecular weight is 532 g/mol. The number of aliphatic hydroxyl groups excluding tert-OH is 1. The fourth-order valence-electron chi connectivity index (χ4n) is 4.78.